The van der Waals surface area contributed by atoms with Gasteiger partial charge in [0.05, 0.1) is 33.3 Å². The average molecular weight is 385 g/mol. The van der Waals surface area contributed by atoms with Crippen LogP contribution >= 0.6 is 0 Å². The van der Waals surface area contributed by atoms with Crippen molar-refractivity contribution in [3.8, 4) is 5.75 Å². The van der Waals surface area contributed by atoms with E-state index >= 15 is 0 Å². The number of hydrogen-bond acceptors (Lipinski definition) is 2. The molecule has 2 rings (SSSR count). The van der Waals surface area contributed by atoms with Crippen molar-refractivity contribution < 1.29 is 14.3 Å². The molecular formula is C25H38NO2+. The normalized spacial score (nSPS) is 12.7. The zero-order chi connectivity index (χ0) is 20.2. The van der Waals surface area contributed by atoms with Crippen LogP contribution in [0.2, 0.25) is 0 Å². The van der Waals surface area contributed by atoms with Gasteiger partial charge in [0.2, 0.25) is 0 Å². The minimum absolute atomic E-state index is 0.660. The molecule has 0 saturated heterocycles. The summed E-state index contributed by atoms with van der Waals surface area (Å²) in [6.45, 7) is 8.86. The number of unbranched alkanes of at least 4 members (excludes halogenated alkanes) is 2. The first kappa shape index (κ1) is 22.4. The number of aliphatic hydroxyl groups is 1. The third-order valence-electron chi connectivity index (χ3n) is 5.53. The lowest BCUT2D eigenvalue weighted by Crippen LogP contribution is -2.46. The zero-order valence-electron chi connectivity index (χ0n) is 17.9. The van der Waals surface area contributed by atoms with E-state index in [0.29, 0.717) is 6.61 Å². The van der Waals surface area contributed by atoms with Crippen LogP contribution < -0.4 is 4.74 Å². The van der Waals surface area contributed by atoms with Crippen LogP contribution in [0.4, 0.5) is 0 Å². The summed E-state index contributed by atoms with van der Waals surface area (Å²) in [7, 11) is 2.39. The fourth-order valence-electron chi connectivity index (χ4n) is 3.70. The summed E-state index contributed by atoms with van der Waals surface area (Å²) in [5, 5.41) is 10.8. The largest absolute Gasteiger partial charge is 0.493 e. The van der Waals surface area contributed by atoms with Gasteiger partial charge in [-0.15, -0.1) is 0 Å². The first-order valence-corrected chi connectivity index (χ1v) is 10.9. The molecule has 0 saturated carbocycles. The number of nitrogens with zero attached hydrogens (tertiary/aromatic N) is 1. The molecule has 0 aliphatic carbocycles. The van der Waals surface area contributed by atoms with E-state index in [1.165, 1.54) is 38.8 Å². The van der Waals surface area contributed by atoms with E-state index in [1.54, 1.807) is 0 Å². The summed E-state index contributed by atoms with van der Waals surface area (Å²) in [5.41, 5.74) is 1.73. The zero-order valence-corrected chi connectivity index (χ0v) is 17.9. The molecular weight excluding hydrogens is 346 g/mol. The summed E-state index contributed by atoms with van der Waals surface area (Å²) in [6.07, 6.45) is 5.44. The third kappa shape index (κ3) is 6.96. The molecule has 0 heterocycles. The Morgan fingerprint density at radius 1 is 0.821 bits per heavy atom. The molecule has 2 aromatic carbocycles. The molecule has 0 spiro atoms. The van der Waals surface area contributed by atoms with E-state index in [0.717, 1.165) is 34.3 Å². The average Bonchev–Trinajstić information content (AvgIpc) is 2.74. The minimum atomic E-state index is -0.660. The maximum absolute atomic E-state index is 10.8. The van der Waals surface area contributed by atoms with Gasteiger partial charge in [0, 0.05) is 12.0 Å². The van der Waals surface area contributed by atoms with Gasteiger partial charge in [0.25, 0.3) is 0 Å². The maximum Gasteiger partial charge on any atom is 0.125 e. The highest BCUT2D eigenvalue weighted by molar-refractivity contribution is 5.40. The van der Waals surface area contributed by atoms with Crippen LogP contribution in [-0.4, -0.2) is 42.9 Å². The molecule has 28 heavy (non-hydrogen) atoms. The van der Waals surface area contributed by atoms with Crippen LogP contribution in [0.1, 0.15) is 63.2 Å². The number of rotatable bonds is 13. The molecule has 0 bridgehead atoms. The predicted molar refractivity (Wildman–Crippen MR) is 118 cm³/mol. The number of para-hydroxylation sites is 1. The number of ether oxygens (including phenoxy) is 1. The third-order valence-corrected chi connectivity index (χ3v) is 5.53. The molecule has 0 amide bonds. The SMILES string of the molecule is CCCC[N+](C)(CCCC)CCCOc1ccccc1C(O)c1ccccc1. The van der Waals surface area contributed by atoms with E-state index in [9.17, 15) is 5.11 Å². The first-order chi connectivity index (χ1) is 13.6. The Morgan fingerprint density at radius 2 is 1.39 bits per heavy atom. The topological polar surface area (TPSA) is 29.5 Å². The Bertz CT molecular complexity index is 663. The van der Waals surface area contributed by atoms with Gasteiger partial charge < -0.3 is 14.3 Å². The molecule has 3 heteroatoms. The standard InChI is InChI=1S/C25H38NO2/c1-4-6-18-26(3,19-7-5-2)20-13-21-28-24-17-12-11-16-23(24)25(27)22-14-9-8-10-15-22/h8-12,14-17,25,27H,4-7,13,18-21H2,1-3H3/q+1. The van der Waals surface area contributed by atoms with Crippen molar-refractivity contribution in [3.05, 3.63) is 65.7 Å². The molecule has 0 aliphatic heterocycles. The van der Waals surface area contributed by atoms with Crippen LogP contribution in [0.15, 0.2) is 54.6 Å². The lowest BCUT2D eigenvalue weighted by atomic mass is 10.0. The molecule has 3 nitrogen and oxygen atoms in total. The molecule has 154 valence electrons. The first-order valence-electron chi connectivity index (χ1n) is 10.9. The predicted octanol–water partition coefficient (Wildman–Crippen LogP) is 5.58. The second-order valence-corrected chi connectivity index (χ2v) is 8.05. The number of benzene rings is 2. The molecule has 1 N–H and O–H groups in total. The molecule has 0 fully saturated rings. The Morgan fingerprint density at radius 3 is 2.04 bits per heavy atom. The molecule has 1 unspecified atom stereocenters. The Hall–Kier alpha value is -1.84. The fraction of sp³-hybridized carbons (Fsp3) is 0.520. The van der Waals surface area contributed by atoms with E-state index < -0.39 is 6.10 Å². The Labute approximate surface area is 171 Å². The summed E-state index contributed by atoms with van der Waals surface area (Å²) in [4.78, 5) is 0. The van der Waals surface area contributed by atoms with Gasteiger partial charge in [-0.3, -0.25) is 0 Å². The highest BCUT2D eigenvalue weighted by Gasteiger charge is 2.20. The molecule has 0 radical (unpaired) electrons. The highest BCUT2D eigenvalue weighted by atomic mass is 16.5. The highest BCUT2D eigenvalue weighted by Crippen LogP contribution is 2.29. The van der Waals surface area contributed by atoms with Crippen LogP contribution in [0.3, 0.4) is 0 Å². The van der Waals surface area contributed by atoms with Gasteiger partial charge in [-0.2, -0.15) is 0 Å². The maximum atomic E-state index is 10.8. The summed E-state index contributed by atoms with van der Waals surface area (Å²) >= 11 is 0. The second-order valence-electron chi connectivity index (χ2n) is 8.05. The van der Waals surface area contributed by atoms with Crippen LogP contribution in [0.25, 0.3) is 0 Å². The quantitative estimate of drug-likeness (QED) is 0.361. The van der Waals surface area contributed by atoms with Crippen molar-refractivity contribution in [2.75, 3.05) is 33.3 Å². The van der Waals surface area contributed by atoms with Crippen LogP contribution in [0, 0.1) is 0 Å². The molecule has 1 atom stereocenters. The summed E-state index contributed by atoms with van der Waals surface area (Å²) in [5.74, 6) is 0.787. The summed E-state index contributed by atoms with van der Waals surface area (Å²) < 4.78 is 7.25. The summed E-state index contributed by atoms with van der Waals surface area (Å²) in [6, 6.07) is 17.6. The van der Waals surface area contributed by atoms with Gasteiger partial charge in [-0.25, -0.2) is 0 Å². The molecule has 0 aromatic heterocycles. The van der Waals surface area contributed by atoms with Gasteiger partial charge in [0.15, 0.2) is 0 Å². The molecule has 0 aliphatic rings. The van der Waals surface area contributed by atoms with E-state index in [-0.39, 0.29) is 0 Å². The van der Waals surface area contributed by atoms with Gasteiger partial charge >= 0.3 is 0 Å². The van der Waals surface area contributed by atoms with Crippen molar-refractivity contribution in [2.45, 2.75) is 52.1 Å². The van der Waals surface area contributed by atoms with Crippen molar-refractivity contribution in [1.29, 1.82) is 0 Å². The number of quaternary nitrogens is 1. The van der Waals surface area contributed by atoms with E-state index in [4.69, 9.17) is 4.74 Å². The van der Waals surface area contributed by atoms with Gasteiger partial charge in [0.1, 0.15) is 11.9 Å². The number of hydrogen-bond donors (Lipinski definition) is 1. The van der Waals surface area contributed by atoms with E-state index in [2.05, 4.69) is 20.9 Å². The minimum Gasteiger partial charge on any atom is -0.493 e. The van der Waals surface area contributed by atoms with Crippen molar-refractivity contribution in [1.82, 2.24) is 0 Å². The smallest absolute Gasteiger partial charge is 0.125 e. The van der Waals surface area contributed by atoms with Crippen LogP contribution in [-0.2, 0) is 0 Å². The lowest BCUT2D eigenvalue weighted by molar-refractivity contribution is -0.910. The van der Waals surface area contributed by atoms with Crippen molar-refractivity contribution in [2.24, 2.45) is 0 Å². The monoisotopic (exact) mass is 384 g/mol. The van der Waals surface area contributed by atoms with E-state index in [1.807, 2.05) is 54.6 Å². The van der Waals surface area contributed by atoms with Gasteiger partial charge in [-0.05, 0) is 24.5 Å². The van der Waals surface area contributed by atoms with Crippen molar-refractivity contribution >= 4 is 0 Å². The number of aliphatic hydroxyl groups excluding tert-OH is 1. The second kappa shape index (κ2) is 11.9. The Balaban J connectivity index is 1.94. The lowest BCUT2D eigenvalue weighted by Gasteiger charge is -2.35. The Kier molecular flexibility index (Phi) is 9.52. The fourth-order valence-corrected chi connectivity index (χ4v) is 3.70. The van der Waals surface area contributed by atoms with Gasteiger partial charge in [-0.1, -0.05) is 75.2 Å². The van der Waals surface area contributed by atoms with Crippen molar-refractivity contribution in [3.63, 3.8) is 0 Å². The van der Waals surface area contributed by atoms with Crippen LogP contribution in [0.5, 0.6) is 5.75 Å². The molecule has 2 aromatic rings.